The fraction of sp³-hybridized carbons (Fsp3) is 1.00. The molecular formula is C13H23ClO. The maximum atomic E-state index is 6.32. The van der Waals surface area contributed by atoms with Crippen LogP contribution in [0.25, 0.3) is 0 Å². The minimum Gasteiger partial charge on any atom is -0.381 e. The highest BCUT2D eigenvalue weighted by molar-refractivity contribution is 6.20. The molecule has 1 aliphatic carbocycles. The Morgan fingerprint density at radius 2 is 1.80 bits per heavy atom. The molecule has 15 heavy (non-hydrogen) atoms. The van der Waals surface area contributed by atoms with Crippen molar-refractivity contribution in [1.82, 2.24) is 0 Å². The zero-order chi connectivity index (χ0) is 10.5. The SMILES string of the molecule is ClC1CCOCC1CCC1CCCCC1. The molecule has 1 saturated carbocycles. The Bertz CT molecular complexity index is 177. The molecule has 2 fully saturated rings. The van der Waals surface area contributed by atoms with E-state index in [0.29, 0.717) is 11.3 Å². The fourth-order valence-electron chi connectivity index (χ4n) is 2.96. The summed E-state index contributed by atoms with van der Waals surface area (Å²) in [7, 11) is 0. The van der Waals surface area contributed by atoms with Crippen molar-refractivity contribution in [2.75, 3.05) is 13.2 Å². The van der Waals surface area contributed by atoms with E-state index < -0.39 is 0 Å². The number of hydrogen-bond donors (Lipinski definition) is 0. The monoisotopic (exact) mass is 230 g/mol. The summed E-state index contributed by atoms with van der Waals surface area (Å²) in [6, 6.07) is 0. The lowest BCUT2D eigenvalue weighted by Crippen LogP contribution is -2.28. The Morgan fingerprint density at radius 3 is 2.53 bits per heavy atom. The summed E-state index contributed by atoms with van der Waals surface area (Å²) in [5.74, 6) is 1.62. The minimum absolute atomic E-state index is 0.377. The largest absolute Gasteiger partial charge is 0.381 e. The van der Waals surface area contributed by atoms with Gasteiger partial charge in [-0.15, -0.1) is 11.6 Å². The number of hydrogen-bond acceptors (Lipinski definition) is 1. The van der Waals surface area contributed by atoms with Gasteiger partial charge in [0.05, 0.1) is 6.61 Å². The van der Waals surface area contributed by atoms with Gasteiger partial charge in [0.1, 0.15) is 0 Å². The van der Waals surface area contributed by atoms with E-state index >= 15 is 0 Å². The van der Waals surface area contributed by atoms with Crippen LogP contribution in [0.1, 0.15) is 51.4 Å². The molecular weight excluding hydrogens is 208 g/mol. The van der Waals surface area contributed by atoms with E-state index in [2.05, 4.69) is 0 Å². The topological polar surface area (TPSA) is 9.23 Å². The molecule has 0 N–H and O–H groups in total. The highest BCUT2D eigenvalue weighted by Crippen LogP contribution is 2.31. The van der Waals surface area contributed by atoms with Crippen molar-refractivity contribution in [3.63, 3.8) is 0 Å². The standard InChI is InChI=1S/C13H23ClO/c14-13-8-9-15-10-12(13)7-6-11-4-2-1-3-5-11/h11-13H,1-10H2. The zero-order valence-corrected chi connectivity index (χ0v) is 10.3. The Labute approximate surface area is 98.5 Å². The molecule has 2 atom stereocenters. The van der Waals surface area contributed by atoms with Crippen LogP contribution >= 0.6 is 11.6 Å². The molecule has 0 aromatic rings. The fourth-order valence-corrected chi connectivity index (χ4v) is 3.25. The third-order valence-electron chi connectivity index (χ3n) is 4.05. The van der Waals surface area contributed by atoms with E-state index in [0.717, 1.165) is 25.6 Å². The van der Waals surface area contributed by atoms with E-state index in [1.807, 2.05) is 0 Å². The van der Waals surface area contributed by atoms with E-state index in [9.17, 15) is 0 Å². The van der Waals surface area contributed by atoms with Crippen molar-refractivity contribution in [2.24, 2.45) is 11.8 Å². The van der Waals surface area contributed by atoms with Crippen molar-refractivity contribution < 1.29 is 4.74 Å². The lowest BCUT2D eigenvalue weighted by molar-refractivity contribution is 0.0512. The minimum atomic E-state index is 0.377. The van der Waals surface area contributed by atoms with Crippen LogP contribution in [0.4, 0.5) is 0 Å². The second-order valence-electron chi connectivity index (χ2n) is 5.22. The first-order valence-corrected chi connectivity index (χ1v) is 7.01. The van der Waals surface area contributed by atoms with Gasteiger partial charge in [0.2, 0.25) is 0 Å². The van der Waals surface area contributed by atoms with Crippen molar-refractivity contribution in [1.29, 1.82) is 0 Å². The number of rotatable bonds is 3. The van der Waals surface area contributed by atoms with Gasteiger partial charge in [0, 0.05) is 12.0 Å². The maximum Gasteiger partial charge on any atom is 0.0508 e. The number of ether oxygens (including phenoxy) is 1. The first-order chi connectivity index (χ1) is 7.36. The Balaban J connectivity index is 1.67. The average molecular weight is 231 g/mol. The predicted molar refractivity (Wildman–Crippen MR) is 64.4 cm³/mol. The molecule has 2 unspecified atom stereocenters. The van der Waals surface area contributed by atoms with Gasteiger partial charge in [-0.05, 0) is 24.7 Å². The molecule has 0 amide bonds. The first kappa shape index (κ1) is 11.7. The van der Waals surface area contributed by atoms with Crippen molar-refractivity contribution in [3.05, 3.63) is 0 Å². The molecule has 0 aromatic carbocycles. The van der Waals surface area contributed by atoms with Gasteiger partial charge >= 0.3 is 0 Å². The van der Waals surface area contributed by atoms with Gasteiger partial charge in [0.15, 0.2) is 0 Å². The van der Waals surface area contributed by atoms with Gasteiger partial charge in [-0.2, -0.15) is 0 Å². The van der Waals surface area contributed by atoms with E-state index in [-0.39, 0.29) is 0 Å². The van der Waals surface area contributed by atoms with Crippen LogP contribution in [0.3, 0.4) is 0 Å². The molecule has 1 aliphatic heterocycles. The van der Waals surface area contributed by atoms with Crippen molar-refractivity contribution in [3.8, 4) is 0 Å². The first-order valence-electron chi connectivity index (χ1n) is 6.58. The number of halogens is 1. The highest BCUT2D eigenvalue weighted by atomic mass is 35.5. The molecule has 1 saturated heterocycles. The van der Waals surface area contributed by atoms with Crippen molar-refractivity contribution in [2.45, 2.75) is 56.7 Å². The van der Waals surface area contributed by atoms with Crippen LogP contribution in [-0.2, 0) is 4.74 Å². The van der Waals surface area contributed by atoms with E-state index in [1.165, 1.54) is 44.9 Å². The van der Waals surface area contributed by atoms with Gasteiger partial charge < -0.3 is 4.74 Å². The van der Waals surface area contributed by atoms with Crippen LogP contribution in [-0.4, -0.2) is 18.6 Å². The van der Waals surface area contributed by atoms with Gasteiger partial charge in [-0.3, -0.25) is 0 Å². The highest BCUT2D eigenvalue weighted by Gasteiger charge is 2.24. The lowest BCUT2D eigenvalue weighted by Gasteiger charge is -2.29. The van der Waals surface area contributed by atoms with Crippen LogP contribution in [0, 0.1) is 11.8 Å². The summed E-state index contributed by atoms with van der Waals surface area (Å²) in [6.45, 7) is 1.77. The lowest BCUT2D eigenvalue weighted by atomic mass is 9.83. The maximum absolute atomic E-state index is 6.32. The molecule has 0 radical (unpaired) electrons. The van der Waals surface area contributed by atoms with Crippen LogP contribution in [0.2, 0.25) is 0 Å². The summed E-state index contributed by atoms with van der Waals surface area (Å²) in [4.78, 5) is 0. The molecule has 88 valence electrons. The zero-order valence-electron chi connectivity index (χ0n) is 9.59. The Hall–Kier alpha value is 0.250. The molecule has 2 rings (SSSR count). The quantitative estimate of drug-likeness (QED) is 0.667. The second kappa shape index (κ2) is 6.10. The predicted octanol–water partition coefficient (Wildman–Crippen LogP) is 3.99. The average Bonchev–Trinajstić information content (AvgIpc) is 2.29. The molecule has 1 nitrogen and oxygen atoms in total. The summed E-state index contributed by atoms with van der Waals surface area (Å²) in [6.07, 6.45) is 11.0. The normalized spacial score (nSPS) is 34.2. The molecule has 0 bridgehead atoms. The Morgan fingerprint density at radius 1 is 1.00 bits per heavy atom. The molecule has 2 heteroatoms. The van der Waals surface area contributed by atoms with E-state index in [1.54, 1.807) is 0 Å². The summed E-state index contributed by atoms with van der Waals surface area (Å²) in [5, 5.41) is 0.377. The van der Waals surface area contributed by atoms with Crippen LogP contribution in [0.5, 0.6) is 0 Å². The molecule has 2 aliphatic rings. The summed E-state index contributed by atoms with van der Waals surface area (Å²) in [5.41, 5.74) is 0. The summed E-state index contributed by atoms with van der Waals surface area (Å²) >= 11 is 6.32. The third-order valence-corrected chi connectivity index (χ3v) is 4.63. The van der Waals surface area contributed by atoms with Gasteiger partial charge in [-0.25, -0.2) is 0 Å². The third kappa shape index (κ3) is 3.64. The second-order valence-corrected chi connectivity index (χ2v) is 5.78. The summed E-state index contributed by atoms with van der Waals surface area (Å²) < 4.78 is 5.51. The molecule has 0 aromatic heterocycles. The van der Waals surface area contributed by atoms with Gasteiger partial charge in [-0.1, -0.05) is 38.5 Å². The smallest absolute Gasteiger partial charge is 0.0508 e. The van der Waals surface area contributed by atoms with Crippen LogP contribution < -0.4 is 0 Å². The van der Waals surface area contributed by atoms with Crippen molar-refractivity contribution >= 4 is 11.6 Å². The molecule has 0 spiro atoms. The Kier molecular flexibility index (Phi) is 4.77. The van der Waals surface area contributed by atoms with Gasteiger partial charge in [0.25, 0.3) is 0 Å². The number of alkyl halides is 1. The van der Waals surface area contributed by atoms with E-state index in [4.69, 9.17) is 16.3 Å². The van der Waals surface area contributed by atoms with Crippen LogP contribution in [0.15, 0.2) is 0 Å². The molecule has 1 heterocycles.